The molecule has 0 fully saturated rings. The molecule has 0 saturated carbocycles. The maximum absolute atomic E-state index is 12.0. The van der Waals surface area contributed by atoms with E-state index in [9.17, 15) is 14.4 Å². The monoisotopic (exact) mass is 418 g/mol. The molecule has 0 bridgehead atoms. The Labute approximate surface area is 160 Å². The summed E-state index contributed by atoms with van der Waals surface area (Å²) >= 11 is 3.32. The van der Waals surface area contributed by atoms with Gasteiger partial charge in [0.2, 0.25) is 5.91 Å². The number of para-hydroxylation sites is 1. The molecule has 0 aliphatic heterocycles. The highest BCUT2D eigenvalue weighted by atomic mass is 79.9. The smallest absolute Gasteiger partial charge is 0.338 e. The van der Waals surface area contributed by atoms with Gasteiger partial charge in [0.25, 0.3) is 5.91 Å². The Morgan fingerprint density at radius 1 is 1.04 bits per heavy atom. The van der Waals surface area contributed by atoms with Gasteiger partial charge in [0, 0.05) is 4.47 Å². The van der Waals surface area contributed by atoms with E-state index in [1.165, 1.54) is 0 Å². The van der Waals surface area contributed by atoms with Gasteiger partial charge in [0.15, 0.2) is 6.61 Å². The molecule has 6 nitrogen and oxygen atoms in total. The molecule has 0 aromatic heterocycles. The van der Waals surface area contributed by atoms with Crippen LogP contribution >= 0.6 is 15.9 Å². The maximum Gasteiger partial charge on any atom is 0.338 e. The van der Waals surface area contributed by atoms with Gasteiger partial charge in [-0.25, -0.2) is 4.79 Å². The van der Waals surface area contributed by atoms with Crippen LogP contribution in [0.25, 0.3) is 0 Å². The molecule has 0 aliphatic rings. The number of anilines is 1. The van der Waals surface area contributed by atoms with E-state index in [0.29, 0.717) is 11.3 Å². The van der Waals surface area contributed by atoms with Crippen LogP contribution in [0.15, 0.2) is 46.9 Å². The molecule has 0 heterocycles. The van der Waals surface area contributed by atoms with Crippen LogP contribution in [-0.2, 0) is 14.3 Å². The molecular formula is C19H19BrN2O4. The summed E-state index contributed by atoms with van der Waals surface area (Å²) in [4.78, 5) is 35.6. The number of carbonyl (C=O) groups is 3. The highest BCUT2D eigenvalue weighted by Gasteiger charge is 2.13. The van der Waals surface area contributed by atoms with Crippen molar-refractivity contribution < 1.29 is 19.1 Å². The molecule has 2 rings (SSSR count). The number of amides is 2. The predicted molar refractivity (Wildman–Crippen MR) is 102 cm³/mol. The van der Waals surface area contributed by atoms with E-state index < -0.39 is 18.5 Å². The summed E-state index contributed by atoms with van der Waals surface area (Å²) in [6, 6.07) is 12.5. The largest absolute Gasteiger partial charge is 0.452 e. The van der Waals surface area contributed by atoms with E-state index in [0.717, 1.165) is 15.6 Å². The fourth-order valence-corrected chi connectivity index (χ4v) is 2.62. The van der Waals surface area contributed by atoms with E-state index in [2.05, 4.69) is 26.6 Å². The number of hydrogen-bond acceptors (Lipinski definition) is 4. The van der Waals surface area contributed by atoms with E-state index in [1.54, 1.807) is 37.3 Å². The molecule has 2 amide bonds. The van der Waals surface area contributed by atoms with Crippen molar-refractivity contribution in [1.29, 1.82) is 0 Å². The summed E-state index contributed by atoms with van der Waals surface area (Å²) < 4.78 is 5.73. The van der Waals surface area contributed by atoms with Gasteiger partial charge in [-0.3, -0.25) is 9.59 Å². The number of ether oxygens (including phenoxy) is 1. The summed E-state index contributed by atoms with van der Waals surface area (Å²) in [5, 5.41) is 5.07. The topological polar surface area (TPSA) is 84.5 Å². The van der Waals surface area contributed by atoms with Crippen LogP contribution in [0.2, 0.25) is 0 Å². The lowest BCUT2D eigenvalue weighted by Gasteiger charge is -2.09. The van der Waals surface area contributed by atoms with Crippen molar-refractivity contribution in [3.05, 3.63) is 63.6 Å². The number of rotatable bonds is 6. The van der Waals surface area contributed by atoms with Crippen molar-refractivity contribution in [1.82, 2.24) is 5.32 Å². The number of nitrogens with one attached hydrogen (secondary N) is 2. The molecule has 0 radical (unpaired) electrons. The zero-order chi connectivity index (χ0) is 19.1. The summed E-state index contributed by atoms with van der Waals surface area (Å²) in [5.74, 6) is -1.51. The molecule has 26 heavy (non-hydrogen) atoms. The Balaban J connectivity index is 1.77. The lowest BCUT2D eigenvalue weighted by atomic mass is 10.1. The SMILES string of the molecule is Cc1ccc(C(=O)OCC(=O)NCC(=O)Nc2ccccc2Br)c(C)c1. The molecule has 0 spiro atoms. The minimum absolute atomic E-state index is 0.221. The highest BCUT2D eigenvalue weighted by molar-refractivity contribution is 9.10. The summed E-state index contributed by atoms with van der Waals surface area (Å²) in [7, 11) is 0. The molecule has 0 aliphatic carbocycles. The van der Waals surface area contributed by atoms with Gasteiger partial charge >= 0.3 is 5.97 Å². The van der Waals surface area contributed by atoms with Gasteiger partial charge in [-0.05, 0) is 53.5 Å². The van der Waals surface area contributed by atoms with Crippen molar-refractivity contribution in [2.75, 3.05) is 18.5 Å². The second kappa shape index (κ2) is 9.15. The van der Waals surface area contributed by atoms with E-state index in [-0.39, 0.29) is 12.5 Å². The lowest BCUT2D eigenvalue weighted by Crippen LogP contribution is -2.35. The van der Waals surface area contributed by atoms with Gasteiger partial charge in [-0.2, -0.15) is 0 Å². The molecule has 2 N–H and O–H groups in total. The normalized spacial score (nSPS) is 10.1. The highest BCUT2D eigenvalue weighted by Crippen LogP contribution is 2.20. The van der Waals surface area contributed by atoms with Crippen LogP contribution in [0.1, 0.15) is 21.5 Å². The quantitative estimate of drug-likeness (QED) is 0.706. The van der Waals surface area contributed by atoms with E-state index in [1.807, 2.05) is 19.1 Å². The van der Waals surface area contributed by atoms with Gasteiger partial charge in [-0.15, -0.1) is 0 Å². The third-order valence-corrected chi connectivity index (χ3v) is 4.22. The Kier molecular flexibility index (Phi) is 6.91. The fourth-order valence-electron chi connectivity index (χ4n) is 2.24. The first-order valence-electron chi connectivity index (χ1n) is 7.92. The van der Waals surface area contributed by atoms with Crippen LogP contribution in [0.4, 0.5) is 5.69 Å². The van der Waals surface area contributed by atoms with Crippen molar-refractivity contribution in [3.63, 3.8) is 0 Å². The first-order valence-corrected chi connectivity index (χ1v) is 8.71. The number of carbonyl (C=O) groups excluding carboxylic acids is 3. The minimum atomic E-state index is -0.574. The number of aryl methyl sites for hydroxylation is 2. The van der Waals surface area contributed by atoms with Crippen molar-refractivity contribution >= 4 is 39.4 Å². The van der Waals surface area contributed by atoms with Crippen LogP contribution < -0.4 is 10.6 Å². The molecule has 0 atom stereocenters. The Bertz CT molecular complexity index is 836. The molecule has 2 aromatic carbocycles. The first-order chi connectivity index (χ1) is 12.4. The number of hydrogen-bond donors (Lipinski definition) is 2. The fraction of sp³-hybridized carbons (Fsp3) is 0.211. The summed E-state index contributed by atoms with van der Waals surface area (Å²) in [6.07, 6.45) is 0. The van der Waals surface area contributed by atoms with Gasteiger partial charge < -0.3 is 15.4 Å². The molecule has 136 valence electrons. The zero-order valence-corrected chi connectivity index (χ0v) is 16.1. The van der Waals surface area contributed by atoms with Gasteiger partial charge in [-0.1, -0.05) is 29.8 Å². The zero-order valence-electron chi connectivity index (χ0n) is 14.5. The van der Waals surface area contributed by atoms with Crippen molar-refractivity contribution in [2.45, 2.75) is 13.8 Å². The van der Waals surface area contributed by atoms with E-state index >= 15 is 0 Å². The third kappa shape index (κ3) is 5.70. The Morgan fingerprint density at radius 3 is 2.46 bits per heavy atom. The van der Waals surface area contributed by atoms with Crippen LogP contribution in [-0.4, -0.2) is 30.9 Å². The second-order valence-electron chi connectivity index (χ2n) is 5.70. The molecule has 2 aromatic rings. The number of esters is 1. The number of benzene rings is 2. The molecular weight excluding hydrogens is 400 g/mol. The minimum Gasteiger partial charge on any atom is -0.452 e. The second-order valence-corrected chi connectivity index (χ2v) is 6.55. The molecule has 0 unspecified atom stereocenters. The Hall–Kier alpha value is -2.67. The maximum atomic E-state index is 12.0. The summed E-state index contributed by atoms with van der Waals surface area (Å²) in [5.41, 5.74) is 2.83. The van der Waals surface area contributed by atoms with Gasteiger partial charge in [0.05, 0.1) is 17.8 Å². The molecule has 7 heteroatoms. The standard InChI is InChI=1S/C19H19BrN2O4/c1-12-7-8-14(13(2)9-12)19(25)26-11-18(24)21-10-17(23)22-16-6-4-3-5-15(16)20/h3-9H,10-11H2,1-2H3,(H,21,24)(H,22,23). The van der Waals surface area contributed by atoms with Crippen molar-refractivity contribution in [3.8, 4) is 0 Å². The lowest BCUT2D eigenvalue weighted by molar-refractivity contribution is -0.126. The van der Waals surface area contributed by atoms with Crippen LogP contribution in [0, 0.1) is 13.8 Å². The third-order valence-electron chi connectivity index (χ3n) is 3.53. The van der Waals surface area contributed by atoms with Crippen molar-refractivity contribution in [2.24, 2.45) is 0 Å². The Morgan fingerprint density at radius 2 is 1.77 bits per heavy atom. The van der Waals surface area contributed by atoms with Crippen LogP contribution in [0.5, 0.6) is 0 Å². The average Bonchev–Trinajstić information content (AvgIpc) is 2.60. The predicted octanol–water partition coefficient (Wildman–Crippen LogP) is 2.98. The van der Waals surface area contributed by atoms with Crippen LogP contribution in [0.3, 0.4) is 0 Å². The molecule has 0 saturated heterocycles. The van der Waals surface area contributed by atoms with Gasteiger partial charge in [0.1, 0.15) is 0 Å². The van der Waals surface area contributed by atoms with E-state index in [4.69, 9.17) is 4.74 Å². The summed E-state index contributed by atoms with van der Waals surface area (Å²) in [6.45, 7) is 3.06. The average molecular weight is 419 g/mol. The first kappa shape index (κ1) is 19.7. The number of halogens is 1.